The minimum absolute atomic E-state index is 0.0188. The molecule has 0 radical (unpaired) electrons. The highest BCUT2D eigenvalue weighted by Crippen LogP contribution is 2.30. The van der Waals surface area contributed by atoms with E-state index in [2.05, 4.69) is 5.32 Å². The van der Waals surface area contributed by atoms with Crippen molar-refractivity contribution >= 4 is 34.8 Å². The number of fused-ring (bicyclic) bond motifs is 1. The van der Waals surface area contributed by atoms with Gasteiger partial charge < -0.3 is 10.2 Å². The molecule has 2 aromatic carbocycles. The second-order valence-corrected chi connectivity index (χ2v) is 5.75. The average Bonchev–Trinajstić information content (AvgIpc) is 2.98. The number of anilines is 2. The molecule has 0 aliphatic carbocycles. The summed E-state index contributed by atoms with van der Waals surface area (Å²) in [6.07, 6.45) is 1.12. The number of rotatable bonds is 4. The SMILES string of the molecule is O=C(Cc1ccccc1)Nc1ccc2c(c1)CCN2C(=O)CCl. The molecule has 0 aromatic heterocycles. The van der Waals surface area contributed by atoms with Gasteiger partial charge in [0.1, 0.15) is 5.88 Å². The summed E-state index contributed by atoms with van der Waals surface area (Å²) in [4.78, 5) is 25.6. The molecule has 0 fully saturated rings. The van der Waals surface area contributed by atoms with Gasteiger partial charge in [0.25, 0.3) is 0 Å². The van der Waals surface area contributed by atoms with Gasteiger partial charge in [-0.3, -0.25) is 9.59 Å². The Morgan fingerprint density at radius 3 is 2.65 bits per heavy atom. The van der Waals surface area contributed by atoms with Crippen LogP contribution >= 0.6 is 11.6 Å². The first-order chi connectivity index (χ1) is 11.2. The molecule has 1 heterocycles. The Morgan fingerprint density at radius 1 is 1.13 bits per heavy atom. The monoisotopic (exact) mass is 328 g/mol. The Kier molecular flexibility index (Phi) is 4.63. The number of hydrogen-bond acceptors (Lipinski definition) is 2. The number of nitrogens with zero attached hydrogens (tertiary/aromatic N) is 1. The number of halogens is 1. The van der Waals surface area contributed by atoms with Crippen molar-refractivity contribution < 1.29 is 9.59 Å². The molecule has 0 saturated heterocycles. The largest absolute Gasteiger partial charge is 0.326 e. The molecular formula is C18H17ClN2O2. The lowest BCUT2D eigenvalue weighted by Gasteiger charge is -2.16. The highest BCUT2D eigenvalue weighted by Gasteiger charge is 2.24. The van der Waals surface area contributed by atoms with Crippen molar-refractivity contribution in [1.29, 1.82) is 0 Å². The van der Waals surface area contributed by atoms with Gasteiger partial charge in [0.05, 0.1) is 6.42 Å². The summed E-state index contributed by atoms with van der Waals surface area (Å²) in [5, 5.41) is 2.91. The quantitative estimate of drug-likeness (QED) is 0.877. The fraction of sp³-hybridized carbons (Fsp3) is 0.222. The summed E-state index contributed by atoms with van der Waals surface area (Å²) in [7, 11) is 0. The fourth-order valence-corrected chi connectivity index (χ4v) is 2.94. The van der Waals surface area contributed by atoms with Crippen LogP contribution in [0.2, 0.25) is 0 Å². The maximum atomic E-state index is 12.1. The van der Waals surface area contributed by atoms with Gasteiger partial charge in [-0.05, 0) is 35.7 Å². The van der Waals surface area contributed by atoms with Crippen LogP contribution in [0.5, 0.6) is 0 Å². The minimum atomic E-state index is -0.0914. The van der Waals surface area contributed by atoms with E-state index in [1.165, 1.54) is 0 Å². The van der Waals surface area contributed by atoms with Crippen LogP contribution in [0.15, 0.2) is 48.5 Å². The molecular weight excluding hydrogens is 312 g/mol. The van der Waals surface area contributed by atoms with E-state index < -0.39 is 0 Å². The number of hydrogen-bond donors (Lipinski definition) is 1. The highest BCUT2D eigenvalue weighted by molar-refractivity contribution is 6.29. The fourth-order valence-electron chi connectivity index (χ4n) is 2.80. The number of carbonyl (C=O) groups is 2. The summed E-state index contributed by atoms with van der Waals surface area (Å²) in [6, 6.07) is 15.2. The first-order valence-electron chi connectivity index (χ1n) is 7.50. The number of amides is 2. The van der Waals surface area contributed by atoms with Gasteiger partial charge in [0.15, 0.2) is 0 Å². The predicted molar refractivity (Wildman–Crippen MR) is 92.0 cm³/mol. The van der Waals surface area contributed by atoms with Crippen molar-refractivity contribution in [3.63, 3.8) is 0 Å². The third-order valence-corrected chi connectivity index (χ3v) is 4.11. The van der Waals surface area contributed by atoms with E-state index >= 15 is 0 Å². The molecule has 0 saturated carbocycles. The molecule has 3 rings (SSSR count). The Balaban J connectivity index is 1.68. The van der Waals surface area contributed by atoms with Crippen LogP contribution in [0.1, 0.15) is 11.1 Å². The van der Waals surface area contributed by atoms with Crippen molar-refractivity contribution in [3.05, 3.63) is 59.7 Å². The van der Waals surface area contributed by atoms with E-state index in [0.717, 1.165) is 28.9 Å². The van der Waals surface area contributed by atoms with Crippen molar-refractivity contribution in [2.45, 2.75) is 12.8 Å². The van der Waals surface area contributed by atoms with Crippen LogP contribution in [0, 0.1) is 0 Å². The van der Waals surface area contributed by atoms with E-state index in [1.807, 2.05) is 48.5 Å². The normalized spacial score (nSPS) is 12.8. The molecule has 4 nitrogen and oxygen atoms in total. The molecule has 0 unspecified atom stereocenters. The topological polar surface area (TPSA) is 49.4 Å². The minimum Gasteiger partial charge on any atom is -0.326 e. The Morgan fingerprint density at radius 2 is 1.91 bits per heavy atom. The van der Waals surface area contributed by atoms with Crippen LogP contribution in [0.3, 0.4) is 0 Å². The lowest BCUT2D eigenvalue weighted by atomic mass is 10.1. The molecule has 2 amide bonds. The molecule has 1 N–H and O–H groups in total. The summed E-state index contributed by atoms with van der Waals surface area (Å²) < 4.78 is 0. The summed E-state index contributed by atoms with van der Waals surface area (Å²) in [6.45, 7) is 0.641. The average molecular weight is 329 g/mol. The van der Waals surface area contributed by atoms with Gasteiger partial charge in [-0.1, -0.05) is 30.3 Å². The smallest absolute Gasteiger partial charge is 0.241 e. The second-order valence-electron chi connectivity index (χ2n) is 5.48. The Bertz CT molecular complexity index is 731. The molecule has 5 heteroatoms. The maximum absolute atomic E-state index is 12.1. The summed E-state index contributed by atoms with van der Waals surface area (Å²) in [5.41, 5.74) is 3.67. The van der Waals surface area contributed by atoms with Crippen molar-refractivity contribution in [1.82, 2.24) is 0 Å². The van der Waals surface area contributed by atoms with Crippen molar-refractivity contribution in [2.75, 3.05) is 22.6 Å². The maximum Gasteiger partial charge on any atom is 0.241 e. The lowest BCUT2D eigenvalue weighted by Crippen LogP contribution is -2.29. The van der Waals surface area contributed by atoms with E-state index in [9.17, 15) is 9.59 Å². The first-order valence-corrected chi connectivity index (χ1v) is 8.04. The first kappa shape index (κ1) is 15.6. The van der Waals surface area contributed by atoms with E-state index in [-0.39, 0.29) is 17.7 Å². The van der Waals surface area contributed by atoms with E-state index in [1.54, 1.807) is 4.90 Å². The number of carbonyl (C=O) groups excluding carboxylic acids is 2. The molecule has 23 heavy (non-hydrogen) atoms. The molecule has 0 bridgehead atoms. The zero-order chi connectivity index (χ0) is 16.2. The van der Waals surface area contributed by atoms with Gasteiger partial charge in [0, 0.05) is 17.9 Å². The Labute approximate surface area is 140 Å². The number of benzene rings is 2. The van der Waals surface area contributed by atoms with Gasteiger partial charge in [-0.2, -0.15) is 0 Å². The Hall–Kier alpha value is -2.33. The molecule has 1 aliphatic heterocycles. The van der Waals surface area contributed by atoms with Crippen LogP contribution in [0.4, 0.5) is 11.4 Å². The second kappa shape index (κ2) is 6.84. The molecule has 2 aromatic rings. The lowest BCUT2D eigenvalue weighted by molar-refractivity contribution is -0.116. The predicted octanol–water partition coefficient (Wildman–Crippen LogP) is 3.00. The zero-order valence-electron chi connectivity index (χ0n) is 12.6. The van der Waals surface area contributed by atoms with E-state index in [0.29, 0.717) is 13.0 Å². The summed E-state index contributed by atoms with van der Waals surface area (Å²) >= 11 is 5.63. The van der Waals surface area contributed by atoms with Gasteiger partial charge >= 0.3 is 0 Å². The summed E-state index contributed by atoms with van der Waals surface area (Å²) in [5.74, 6) is -0.163. The van der Waals surface area contributed by atoms with Crippen LogP contribution in [-0.4, -0.2) is 24.2 Å². The third kappa shape index (κ3) is 3.54. The molecule has 118 valence electrons. The standard InChI is InChI=1S/C18H17ClN2O2/c19-12-18(23)21-9-8-14-11-15(6-7-16(14)21)20-17(22)10-13-4-2-1-3-5-13/h1-7,11H,8-10,12H2,(H,20,22). The highest BCUT2D eigenvalue weighted by atomic mass is 35.5. The number of alkyl halides is 1. The molecule has 0 atom stereocenters. The van der Waals surface area contributed by atoms with Crippen molar-refractivity contribution in [3.8, 4) is 0 Å². The molecule has 1 aliphatic rings. The third-order valence-electron chi connectivity index (χ3n) is 3.88. The van der Waals surface area contributed by atoms with Gasteiger partial charge in [-0.25, -0.2) is 0 Å². The van der Waals surface area contributed by atoms with Crippen LogP contribution < -0.4 is 10.2 Å². The number of nitrogens with one attached hydrogen (secondary N) is 1. The van der Waals surface area contributed by atoms with Gasteiger partial charge in [0.2, 0.25) is 11.8 Å². The van der Waals surface area contributed by atoms with Crippen LogP contribution in [0.25, 0.3) is 0 Å². The van der Waals surface area contributed by atoms with Gasteiger partial charge in [-0.15, -0.1) is 11.6 Å². The zero-order valence-corrected chi connectivity index (χ0v) is 13.3. The molecule has 0 spiro atoms. The van der Waals surface area contributed by atoms with E-state index in [4.69, 9.17) is 11.6 Å². The van der Waals surface area contributed by atoms with Crippen LogP contribution in [-0.2, 0) is 22.4 Å². The van der Waals surface area contributed by atoms with Crippen molar-refractivity contribution in [2.24, 2.45) is 0 Å².